The number of likely N-dealkylation sites (N-methyl/N-ethyl adjacent to an activating group) is 1. The summed E-state index contributed by atoms with van der Waals surface area (Å²) in [4.78, 5) is 51.3. The number of hydrogen-bond acceptors (Lipinski definition) is 11. The third-order valence-corrected chi connectivity index (χ3v) is 9.20. The number of carbonyl (C=O) groups excluding carboxylic acids is 3. The fraction of sp³-hybridized carbons (Fsp3) is 0.600. The molecule has 0 unspecified atom stereocenters. The van der Waals surface area contributed by atoms with Crippen molar-refractivity contribution < 1.29 is 53.8 Å². The number of benzene rings is 1. The minimum absolute atomic E-state index is 0.0105. The molecule has 2 aliphatic heterocycles. The monoisotopic (exact) mass is 602 g/mol. The molecular weight excluding hydrogens is 564 g/mol. The SMILES string of the molecule is CC(C)C[C@H](NC(=O)[C@H](C)OC(=O)C[C@H](O)C(=O)OC1=CC[C@@]2(O)[C@@H]3Cc4ccc(O)c5c4[C@@]2(CCN3C)[C@H]1O5)C(=O)O. The number of aliphatic hydroxyl groups excluding tert-OH is 1. The van der Waals surface area contributed by atoms with E-state index in [0.717, 1.165) is 5.56 Å². The summed E-state index contributed by atoms with van der Waals surface area (Å²) in [5.41, 5.74) is -0.614. The van der Waals surface area contributed by atoms with E-state index >= 15 is 0 Å². The maximum atomic E-state index is 12.9. The van der Waals surface area contributed by atoms with Crippen LogP contribution in [-0.2, 0) is 40.5 Å². The molecule has 234 valence electrons. The van der Waals surface area contributed by atoms with Crippen LogP contribution in [0.4, 0.5) is 0 Å². The maximum absolute atomic E-state index is 12.9. The Hall–Kier alpha value is -3.68. The first-order valence-corrected chi connectivity index (χ1v) is 14.5. The van der Waals surface area contributed by atoms with Gasteiger partial charge in [0.15, 0.2) is 29.8 Å². The topological polar surface area (TPSA) is 192 Å². The van der Waals surface area contributed by atoms with E-state index in [4.69, 9.17) is 14.2 Å². The van der Waals surface area contributed by atoms with Crippen molar-refractivity contribution in [3.05, 3.63) is 35.1 Å². The van der Waals surface area contributed by atoms with Gasteiger partial charge in [0.25, 0.3) is 5.91 Å². The Bertz CT molecular complexity index is 1380. The molecule has 2 heterocycles. The van der Waals surface area contributed by atoms with Crippen molar-refractivity contribution in [1.29, 1.82) is 0 Å². The van der Waals surface area contributed by atoms with Crippen LogP contribution in [-0.4, -0.2) is 98.7 Å². The number of aromatic hydroxyl groups is 1. The number of carboxylic acids is 1. The van der Waals surface area contributed by atoms with Gasteiger partial charge in [-0.15, -0.1) is 0 Å². The zero-order chi connectivity index (χ0) is 31.4. The molecule has 43 heavy (non-hydrogen) atoms. The van der Waals surface area contributed by atoms with Gasteiger partial charge >= 0.3 is 17.9 Å². The van der Waals surface area contributed by atoms with E-state index in [9.17, 15) is 39.6 Å². The number of carboxylic acid groups (broad SMARTS) is 1. The number of hydrogen-bond donors (Lipinski definition) is 5. The fourth-order valence-electron chi connectivity index (χ4n) is 7.14. The molecule has 4 aliphatic rings. The van der Waals surface area contributed by atoms with Crippen molar-refractivity contribution >= 4 is 23.8 Å². The number of phenolic OH excluding ortho intramolecular Hbond substituents is 1. The van der Waals surface area contributed by atoms with Crippen LogP contribution in [0, 0.1) is 5.92 Å². The van der Waals surface area contributed by atoms with Crippen LogP contribution in [0.5, 0.6) is 11.5 Å². The van der Waals surface area contributed by atoms with Crippen LogP contribution in [0.2, 0.25) is 0 Å². The summed E-state index contributed by atoms with van der Waals surface area (Å²) in [5.74, 6) is -4.08. The van der Waals surface area contributed by atoms with Crippen LogP contribution in [0.15, 0.2) is 24.0 Å². The largest absolute Gasteiger partial charge is 0.504 e. The number of esters is 2. The van der Waals surface area contributed by atoms with Crippen molar-refractivity contribution in [2.75, 3.05) is 13.6 Å². The Morgan fingerprint density at radius 1 is 1.21 bits per heavy atom. The summed E-state index contributed by atoms with van der Waals surface area (Å²) in [6.07, 6.45) is -2.21. The highest BCUT2D eigenvalue weighted by molar-refractivity contribution is 5.88. The third kappa shape index (κ3) is 5.02. The van der Waals surface area contributed by atoms with Crippen molar-refractivity contribution in [3.63, 3.8) is 0 Å². The molecule has 7 atom stereocenters. The zero-order valence-electron chi connectivity index (χ0n) is 24.5. The zero-order valence-corrected chi connectivity index (χ0v) is 24.5. The highest BCUT2D eigenvalue weighted by Crippen LogP contribution is 2.65. The molecule has 5 rings (SSSR count). The quantitative estimate of drug-likeness (QED) is 0.234. The number of likely N-dealkylation sites (tertiary alicyclic amines) is 1. The van der Waals surface area contributed by atoms with Crippen molar-refractivity contribution in [2.24, 2.45) is 5.92 Å². The number of carbonyl (C=O) groups is 4. The molecule has 1 aromatic rings. The van der Waals surface area contributed by atoms with Crippen LogP contribution < -0.4 is 10.1 Å². The van der Waals surface area contributed by atoms with Gasteiger partial charge in [-0.3, -0.25) is 9.59 Å². The molecule has 0 aromatic heterocycles. The Morgan fingerprint density at radius 2 is 1.93 bits per heavy atom. The molecule has 2 bridgehead atoms. The summed E-state index contributed by atoms with van der Waals surface area (Å²) in [6, 6.07) is 1.96. The normalized spacial score (nSPS) is 29.0. The lowest BCUT2D eigenvalue weighted by molar-refractivity contribution is -0.173. The van der Waals surface area contributed by atoms with E-state index in [1.165, 1.54) is 6.92 Å². The molecule has 1 aromatic carbocycles. The molecule has 0 saturated carbocycles. The summed E-state index contributed by atoms with van der Waals surface area (Å²) in [5, 5.41) is 44.9. The van der Waals surface area contributed by atoms with E-state index in [1.807, 2.05) is 13.1 Å². The average Bonchev–Trinajstić information content (AvgIpc) is 3.29. The van der Waals surface area contributed by atoms with Crippen LogP contribution in [0.3, 0.4) is 0 Å². The number of aliphatic hydroxyl groups is 2. The first-order chi connectivity index (χ1) is 20.2. The van der Waals surface area contributed by atoms with Gasteiger partial charge < -0.3 is 44.9 Å². The molecular formula is C30H38N2O11. The molecule has 1 fully saturated rings. The van der Waals surface area contributed by atoms with E-state index < -0.39 is 65.6 Å². The highest BCUT2D eigenvalue weighted by Gasteiger charge is 2.72. The minimum Gasteiger partial charge on any atom is -0.504 e. The van der Waals surface area contributed by atoms with Gasteiger partial charge in [-0.2, -0.15) is 0 Å². The molecule has 0 radical (unpaired) electrons. The van der Waals surface area contributed by atoms with Gasteiger partial charge in [0.05, 0.1) is 17.4 Å². The van der Waals surface area contributed by atoms with Crippen LogP contribution >= 0.6 is 0 Å². The number of aliphatic carboxylic acids is 1. The summed E-state index contributed by atoms with van der Waals surface area (Å²) in [6.45, 7) is 5.48. The lowest BCUT2D eigenvalue weighted by Crippen LogP contribution is -2.74. The van der Waals surface area contributed by atoms with Crippen molar-refractivity contribution in [1.82, 2.24) is 10.2 Å². The Morgan fingerprint density at radius 3 is 2.60 bits per heavy atom. The van der Waals surface area contributed by atoms with Crippen LogP contribution in [0.1, 0.15) is 57.6 Å². The van der Waals surface area contributed by atoms with E-state index in [-0.39, 0.29) is 42.1 Å². The number of ether oxygens (including phenoxy) is 3. The fourth-order valence-corrected chi connectivity index (χ4v) is 7.14. The van der Waals surface area contributed by atoms with E-state index in [1.54, 1.807) is 26.0 Å². The van der Waals surface area contributed by atoms with Crippen molar-refractivity contribution in [2.45, 2.75) is 94.3 Å². The average molecular weight is 603 g/mol. The minimum atomic E-state index is -1.95. The number of nitrogens with zero attached hydrogens (tertiary/aromatic N) is 1. The second-order valence-corrected chi connectivity index (χ2v) is 12.4. The highest BCUT2D eigenvalue weighted by atomic mass is 16.6. The van der Waals surface area contributed by atoms with Gasteiger partial charge in [-0.1, -0.05) is 19.9 Å². The van der Waals surface area contributed by atoms with Gasteiger partial charge in [-0.05, 0) is 63.4 Å². The maximum Gasteiger partial charge on any atom is 0.340 e. The molecule has 1 amide bonds. The lowest BCUT2D eigenvalue weighted by Gasteiger charge is -2.61. The lowest BCUT2D eigenvalue weighted by atomic mass is 9.50. The Labute approximate surface area is 248 Å². The number of rotatable bonds is 10. The molecule has 1 saturated heterocycles. The predicted molar refractivity (Wildman–Crippen MR) is 148 cm³/mol. The first kappa shape index (κ1) is 30.8. The Kier molecular flexibility index (Phi) is 7.95. The summed E-state index contributed by atoms with van der Waals surface area (Å²) < 4.78 is 16.8. The summed E-state index contributed by atoms with van der Waals surface area (Å²) >= 11 is 0. The summed E-state index contributed by atoms with van der Waals surface area (Å²) in [7, 11) is 1.95. The van der Waals surface area contributed by atoms with E-state index in [0.29, 0.717) is 24.9 Å². The smallest absolute Gasteiger partial charge is 0.340 e. The molecule has 1 spiro atoms. The van der Waals surface area contributed by atoms with Gasteiger partial charge in [0.2, 0.25) is 0 Å². The molecule has 13 heteroatoms. The first-order valence-electron chi connectivity index (χ1n) is 14.5. The van der Waals surface area contributed by atoms with Crippen molar-refractivity contribution in [3.8, 4) is 11.5 Å². The van der Waals surface area contributed by atoms with Crippen LogP contribution in [0.25, 0.3) is 0 Å². The molecule has 5 N–H and O–H groups in total. The number of nitrogens with one attached hydrogen (secondary N) is 1. The Balaban J connectivity index is 1.26. The second kappa shape index (κ2) is 11.1. The number of amides is 1. The molecule has 2 aliphatic carbocycles. The van der Waals surface area contributed by atoms with Gasteiger partial charge in [0, 0.05) is 18.0 Å². The number of piperidine rings is 1. The van der Waals surface area contributed by atoms with E-state index in [2.05, 4.69) is 10.2 Å². The second-order valence-electron chi connectivity index (χ2n) is 12.4. The predicted octanol–water partition coefficient (Wildman–Crippen LogP) is 0.511. The van der Waals surface area contributed by atoms with Gasteiger partial charge in [-0.25, -0.2) is 9.59 Å². The standard InChI is InChI=1S/C30H38N2O11/c1-14(2)11-17(27(37)38)31-26(36)15(3)41-22(35)13-19(34)28(39)42-20-7-8-30(40)21-12-16-5-6-18(33)24-23(16)29(30,25(20)43-24)9-10-32(21)4/h5-7,14-15,17,19,21,25,33-34,40H,8-13H2,1-4H3,(H,31,36)(H,37,38)/t15-,17-,19-,21-,25-,29-,30+/m0/s1. The number of phenols is 1. The van der Waals surface area contributed by atoms with Gasteiger partial charge in [0.1, 0.15) is 11.8 Å². The molecule has 13 nitrogen and oxygen atoms in total. The third-order valence-electron chi connectivity index (χ3n) is 9.20.